The molecule has 2 aliphatic rings. The van der Waals surface area contributed by atoms with Gasteiger partial charge in [0.15, 0.2) is 0 Å². The Morgan fingerprint density at radius 2 is 2.20 bits per heavy atom. The highest BCUT2D eigenvalue weighted by atomic mass is 35.5. The normalized spacial score (nSPS) is 30.1. The second-order valence-electron chi connectivity index (χ2n) is 4.34. The molecule has 0 saturated carbocycles. The second kappa shape index (κ2) is 3.53. The third kappa shape index (κ3) is 1.87. The predicted molar refractivity (Wildman–Crippen MR) is 57.3 cm³/mol. The first kappa shape index (κ1) is 10.5. The van der Waals surface area contributed by atoms with Gasteiger partial charge in [0.05, 0.1) is 6.07 Å². The number of halogens is 1. The molecule has 0 spiro atoms. The minimum Gasteiger partial charge on any atom is -0.335 e. The molecule has 1 amide bonds. The topological polar surface area (TPSA) is 44.1 Å². The summed E-state index contributed by atoms with van der Waals surface area (Å²) >= 11 is 6.15. The Hall–Kier alpha value is -1.01. The van der Waals surface area contributed by atoms with Crippen LogP contribution in [0, 0.1) is 11.3 Å². The van der Waals surface area contributed by atoms with Crippen LogP contribution in [0.2, 0.25) is 0 Å². The van der Waals surface area contributed by atoms with E-state index in [1.165, 1.54) is 11.1 Å². The lowest BCUT2D eigenvalue weighted by atomic mass is 9.85. The second-order valence-corrected chi connectivity index (χ2v) is 5.06. The van der Waals surface area contributed by atoms with E-state index in [-0.39, 0.29) is 5.91 Å². The van der Waals surface area contributed by atoms with Gasteiger partial charge in [-0.2, -0.15) is 5.26 Å². The van der Waals surface area contributed by atoms with E-state index in [1.807, 2.05) is 4.90 Å². The van der Waals surface area contributed by atoms with Crippen molar-refractivity contribution in [2.24, 2.45) is 0 Å². The van der Waals surface area contributed by atoms with Crippen molar-refractivity contribution < 1.29 is 4.79 Å². The summed E-state index contributed by atoms with van der Waals surface area (Å²) in [6, 6.07) is 2.16. The average molecular weight is 225 g/mol. The monoisotopic (exact) mass is 224 g/mol. The summed E-state index contributed by atoms with van der Waals surface area (Å²) in [4.78, 5) is 12.3. The lowest BCUT2D eigenvalue weighted by Gasteiger charge is -2.25. The molecular formula is C11H13ClN2O. The maximum atomic E-state index is 11.2. The number of rotatable bonds is 0. The van der Waals surface area contributed by atoms with Crippen molar-refractivity contribution in [3.8, 4) is 6.07 Å². The van der Waals surface area contributed by atoms with E-state index < -0.39 is 4.87 Å². The molecule has 15 heavy (non-hydrogen) atoms. The van der Waals surface area contributed by atoms with Gasteiger partial charge in [-0.1, -0.05) is 0 Å². The summed E-state index contributed by atoms with van der Waals surface area (Å²) in [5, 5.41) is 8.96. The minimum atomic E-state index is -0.731. The van der Waals surface area contributed by atoms with Crippen molar-refractivity contribution >= 4 is 17.5 Å². The number of amides is 1. The Balaban J connectivity index is 2.13. The summed E-state index contributed by atoms with van der Waals surface area (Å²) in [7, 11) is 0. The fourth-order valence-electron chi connectivity index (χ4n) is 2.27. The molecule has 4 heteroatoms. The number of nitriles is 1. The molecule has 0 aromatic rings. The molecule has 0 aromatic heterocycles. The van der Waals surface area contributed by atoms with Crippen LogP contribution in [0.1, 0.15) is 26.2 Å². The number of carbonyl (C=O) groups excluding carboxylic acids is 1. The van der Waals surface area contributed by atoms with E-state index in [9.17, 15) is 4.79 Å². The highest BCUT2D eigenvalue weighted by Crippen LogP contribution is 2.40. The van der Waals surface area contributed by atoms with E-state index >= 15 is 0 Å². The summed E-state index contributed by atoms with van der Waals surface area (Å²) in [5.74, 6) is 0.0986. The summed E-state index contributed by atoms with van der Waals surface area (Å²) in [6.45, 7) is 2.99. The first-order valence-electron chi connectivity index (χ1n) is 5.09. The molecule has 0 fully saturated rings. The highest BCUT2D eigenvalue weighted by Gasteiger charge is 2.37. The van der Waals surface area contributed by atoms with Crippen LogP contribution < -0.4 is 0 Å². The van der Waals surface area contributed by atoms with Crippen molar-refractivity contribution in [1.29, 1.82) is 5.26 Å². The average Bonchev–Trinajstić information content (AvgIpc) is 2.60. The molecule has 0 aromatic carbocycles. The molecule has 80 valence electrons. The van der Waals surface area contributed by atoms with Crippen molar-refractivity contribution in [3.05, 3.63) is 11.1 Å². The molecule has 1 aliphatic carbocycles. The zero-order valence-electron chi connectivity index (χ0n) is 8.72. The number of nitrogens with zero attached hydrogens (tertiary/aromatic N) is 2. The smallest absolute Gasteiger partial charge is 0.220 e. The van der Waals surface area contributed by atoms with E-state index in [2.05, 4.69) is 6.07 Å². The Labute approximate surface area is 94.3 Å². The van der Waals surface area contributed by atoms with Crippen LogP contribution in [-0.4, -0.2) is 28.8 Å². The number of carbonyl (C=O) groups is 1. The number of hydrogen-bond donors (Lipinski definition) is 0. The maximum Gasteiger partial charge on any atom is 0.220 e. The molecule has 3 nitrogen and oxygen atoms in total. The Morgan fingerprint density at radius 1 is 1.53 bits per heavy atom. The fraction of sp³-hybridized carbons (Fsp3) is 0.636. The fourth-order valence-corrected chi connectivity index (χ4v) is 2.53. The van der Waals surface area contributed by atoms with Crippen LogP contribution in [0.5, 0.6) is 0 Å². The van der Waals surface area contributed by atoms with Gasteiger partial charge in [0.1, 0.15) is 4.87 Å². The standard InChI is InChI=1S/C11H13ClN2O/c1-8(15)14-5-9-2-3-11(12,7-13)4-10(9)6-14/h2-6H2,1H3/t11-/m0/s1. The first-order chi connectivity index (χ1) is 7.04. The summed E-state index contributed by atoms with van der Waals surface area (Å²) in [6.07, 6.45) is 2.18. The molecular weight excluding hydrogens is 212 g/mol. The summed E-state index contributed by atoms with van der Waals surface area (Å²) < 4.78 is 0. The Morgan fingerprint density at radius 3 is 2.80 bits per heavy atom. The van der Waals surface area contributed by atoms with E-state index in [0.29, 0.717) is 19.4 Å². The van der Waals surface area contributed by atoms with Gasteiger partial charge in [-0.3, -0.25) is 4.79 Å². The van der Waals surface area contributed by atoms with Crippen LogP contribution >= 0.6 is 11.6 Å². The van der Waals surface area contributed by atoms with Crippen molar-refractivity contribution in [1.82, 2.24) is 4.90 Å². The van der Waals surface area contributed by atoms with E-state index in [1.54, 1.807) is 6.92 Å². The predicted octanol–water partition coefficient (Wildman–Crippen LogP) is 1.83. The number of hydrogen-bond acceptors (Lipinski definition) is 2. The van der Waals surface area contributed by atoms with Crippen molar-refractivity contribution in [2.45, 2.75) is 31.1 Å². The SMILES string of the molecule is CC(=O)N1CC2=C(C1)C[C@](Cl)(C#N)CC2. The largest absolute Gasteiger partial charge is 0.335 e. The highest BCUT2D eigenvalue weighted by molar-refractivity contribution is 6.26. The van der Waals surface area contributed by atoms with Crippen molar-refractivity contribution in [3.63, 3.8) is 0 Å². The van der Waals surface area contributed by atoms with Gasteiger partial charge in [-0.05, 0) is 24.0 Å². The molecule has 0 bridgehead atoms. The molecule has 1 aliphatic heterocycles. The minimum absolute atomic E-state index is 0.0986. The van der Waals surface area contributed by atoms with Gasteiger partial charge in [0, 0.05) is 26.4 Å². The Bertz CT molecular complexity index is 383. The van der Waals surface area contributed by atoms with Gasteiger partial charge in [0.2, 0.25) is 5.91 Å². The lowest BCUT2D eigenvalue weighted by molar-refractivity contribution is -0.127. The Kier molecular flexibility index (Phi) is 2.47. The van der Waals surface area contributed by atoms with Crippen LogP contribution in [0.4, 0.5) is 0 Å². The molecule has 0 unspecified atom stereocenters. The molecule has 0 saturated heterocycles. The molecule has 0 radical (unpaired) electrons. The van der Waals surface area contributed by atoms with Gasteiger partial charge in [-0.15, -0.1) is 11.6 Å². The van der Waals surface area contributed by atoms with Crippen LogP contribution in [-0.2, 0) is 4.79 Å². The van der Waals surface area contributed by atoms with Crippen LogP contribution in [0.25, 0.3) is 0 Å². The summed E-state index contributed by atoms with van der Waals surface area (Å²) in [5.41, 5.74) is 2.52. The molecule has 0 N–H and O–H groups in total. The maximum absolute atomic E-state index is 11.2. The number of alkyl halides is 1. The van der Waals surface area contributed by atoms with E-state index in [4.69, 9.17) is 16.9 Å². The third-order valence-electron chi connectivity index (χ3n) is 3.23. The quantitative estimate of drug-likeness (QED) is 0.466. The third-order valence-corrected chi connectivity index (χ3v) is 3.63. The van der Waals surface area contributed by atoms with Gasteiger partial charge < -0.3 is 4.90 Å². The van der Waals surface area contributed by atoms with Gasteiger partial charge in [0.25, 0.3) is 0 Å². The molecule has 2 rings (SSSR count). The lowest BCUT2D eigenvalue weighted by Crippen LogP contribution is -2.27. The van der Waals surface area contributed by atoms with Crippen molar-refractivity contribution in [2.75, 3.05) is 13.1 Å². The molecule has 1 heterocycles. The van der Waals surface area contributed by atoms with Gasteiger partial charge in [-0.25, -0.2) is 0 Å². The first-order valence-corrected chi connectivity index (χ1v) is 5.47. The van der Waals surface area contributed by atoms with E-state index in [0.717, 1.165) is 13.0 Å². The zero-order chi connectivity index (χ0) is 11.1. The molecule has 1 atom stereocenters. The van der Waals surface area contributed by atoms with Crippen LogP contribution in [0.15, 0.2) is 11.1 Å². The van der Waals surface area contributed by atoms with Gasteiger partial charge >= 0.3 is 0 Å². The zero-order valence-corrected chi connectivity index (χ0v) is 9.47. The van der Waals surface area contributed by atoms with Crippen LogP contribution in [0.3, 0.4) is 0 Å².